The predicted molar refractivity (Wildman–Crippen MR) is 221 cm³/mol. The second-order valence-corrected chi connectivity index (χ2v) is 20.3. The van der Waals surface area contributed by atoms with Gasteiger partial charge in [-0.25, -0.2) is 9.59 Å². The molecule has 288 valence electrons. The summed E-state index contributed by atoms with van der Waals surface area (Å²) in [4.78, 5) is 39.2. The predicted octanol–water partition coefficient (Wildman–Crippen LogP) is 9.16. The first-order valence-electron chi connectivity index (χ1n) is 18.7. The Kier molecular flexibility index (Phi) is 11.8. The van der Waals surface area contributed by atoms with Crippen molar-refractivity contribution in [3.63, 3.8) is 0 Å². The molecule has 6 rings (SSSR count). The maximum Gasteiger partial charge on any atom is 0.419 e. The summed E-state index contributed by atoms with van der Waals surface area (Å²) >= 11 is 0. The van der Waals surface area contributed by atoms with Gasteiger partial charge in [-0.15, -0.1) is 0 Å². The molecular formula is C43H50N4O7Si. The van der Waals surface area contributed by atoms with Crippen LogP contribution in [0.1, 0.15) is 62.8 Å². The van der Waals surface area contributed by atoms with Crippen molar-refractivity contribution in [2.45, 2.75) is 83.8 Å². The molecule has 12 heteroatoms. The first kappa shape index (κ1) is 39.3. The van der Waals surface area contributed by atoms with Crippen LogP contribution in [0, 0.1) is 0 Å². The van der Waals surface area contributed by atoms with E-state index >= 15 is 0 Å². The zero-order chi connectivity index (χ0) is 39.3. The summed E-state index contributed by atoms with van der Waals surface area (Å²) in [6.07, 6.45) is 1.88. The molecule has 0 spiro atoms. The van der Waals surface area contributed by atoms with E-state index in [1.54, 1.807) is 16.7 Å². The molecular weight excluding hydrogens is 713 g/mol. The fraction of sp³-hybridized carbons (Fsp3) is 0.326. The Balaban J connectivity index is 1.08. The molecule has 0 saturated heterocycles. The summed E-state index contributed by atoms with van der Waals surface area (Å²) < 4.78 is 14.3. The number of amides is 1. The molecule has 11 nitrogen and oxygen atoms in total. The van der Waals surface area contributed by atoms with E-state index in [0.717, 1.165) is 64.4 Å². The van der Waals surface area contributed by atoms with E-state index in [1.165, 1.54) is 6.07 Å². The minimum absolute atomic E-state index is 0.00745. The topological polar surface area (TPSA) is 159 Å². The molecule has 0 saturated carbocycles. The highest BCUT2D eigenvalue weighted by Gasteiger charge is 2.39. The molecule has 2 heterocycles. The number of carbonyl (C=O) groups is 1. The average Bonchev–Trinajstić information content (AvgIpc) is 3.44. The largest absolute Gasteiger partial charge is 0.506 e. The highest BCUT2D eigenvalue weighted by Crippen LogP contribution is 2.41. The lowest BCUT2D eigenvalue weighted by atomic mass is 9.99. The Morgan fingerprint density at radius 1 is 0.927 bits per heavy atom. The number of unbranched alkanes of at least 4 members (excludes halogenated alkanes) is 2. The Morgan fingerprint density at radius 2 is 1.69 bits per heavy atom. The van der Waals surface area contributed by atoms with Gasteiger partial charge in [-0.05, 0) is 90.0 Å². The molecule has 0 radical (unpaired) electrons. The summed E-state index contributed by atoms with van der Waals surface area (Å²) in [5, 5.41) is 26.7. The number of aromatic hydroxyl groups is 1. The zero-order valence-corrected chi connectivity index (χ0v) is 33.1. The number of aryl methyl sites for hydroxylation is 2. The van der Waals surface area contributed by atoms with Crippen molar-refractivity contribution in [1.29, 1.82) is 0 Å². The van der Waals surface area contributed by atoms with Crippen molar-refractivity contribution in [2.75, 3.05) is 11.9 Å². The number of oxazole rings is 1. The van der Waals surface area contributed by atoms with Gasteiger partial charge in [-0.1, -0.05) is 81.8 Å². The summed E-state index contributed by atoms with van der Waals surface area (Å²) in [6, 6.07) is 28.0. The van der Waals surface area contributed by atoms with Gasteiger partial charge < -0.3 is 29.4 Å². The second-order valence-electron chi connectivity index (χ2n) is 15.6. The third-order valence-electron chi connectivity index (χ3n) is 10.6. The molecule has 0 fully saturated rings. The van der Waals surface area contributed by atoms with E-state index in [0.29, 0.717) is 36.4 Å². The molecule has 1 atom stereocenters. The van der Waals surface area contributed by atoms with Crippen LogP contribution < -0.4 is 21.9 Å². The highest BCUT2D eigenvalue weighted by atomic mass is 28.4. The molecule has 55 heavy (non-hydrogen) atoms. The Bertz CT molecular complexity index is 2410. The van der Waals surface area contributed by atoms with Gasteiger partial charge in [0, 0.05) is 36.7 Å². The standard InChI is InChI=1S/C43H50N4O7Si/c1-43(2,3)55(4,5)54-38(32-18-21-36(48)40-33(32)19-22-39(49)46-40)27-44-26-29-16-20-35-37(25-29)53-42(52)47(35)23-11-7-8-12-28-15-17-31(30-13-9-6-10-14-30)34(24-28)45-41(50)51/h6,9-10,13-22,24-25,38,44-45,48H,7-8,11-12,23,26-27H2,1-5H3,(H,46,49)(H,50,51)/t38-/m0/s1. The monoisotopic (exact) mass is 762 g/mol. The number of pyridine rings is 1. The van der Waals surface area contributed by atoms with Crippen molar-refractivity contribution < 1.29 is 23.9 Å². The molecule has 0 unspecified atom stereocenters. The van der Waals surface area contributed by atoms with Crippen LogP contribution in [-0.4, -0.2) is 40.7 Å². The zero-order valence-electron chi connectivity index (χ0n) is 32.1. The molecule has 0 bridgehead atoms. The number of carboxylic acid groups (broad SMARTS) is 1. The molecule has 0 aliphatic rings. The molecule has 0 aliphatic heterocycles. The Hall–Kier alpha value is -5.43. The molecule has 4 aromatic carbocycles. The highest BCUT2D eigenvalue weighted by molar-refractivity contribution is 6.74. The van der Waals surface area contributed by atoms with Crippen LogP contribution in [0.15, 0.2) is 105 Å². The molecule has 2 aromatic heterocycles. The number of phenols is 1. The van der Waals surface area contributed by atoms with Crippen LogP contribution in [0.3, 0.4) is 0 Å². The summed E-state index contributed by atoms with van der Waals surface area (Å²) in [6.45, 7) is 12.5. The smallest absolute Gasteiger partial charge is 0.419 e. The quantitative estimate of drug-likeness (QED) is 0.0512. The fourth-order valence-corrected chi connectivity index (χ4v) is 7.95. The minimum atomic E-state index is -2.24. The number of hydrogen-bond acceptors (Lipinski definition) is 7. The van der Waals surface area contributed by atoms with E-state index < -0.39 is 14.4 Å². The van der Waals surface area contributed by atoms with Crippen LogP contribution in [0.2, 0.25) is 18.1 Å². The van der Waals surface area contributed by atoms with Gasteiger partial charge in [-0.3, -0.25) is 14.7 Å². The summed E-state index contributed by atoms with van der Waals surface area (Å²) in [5.74, 6) is -0.380. The lowest BCUT2D eigenvalue weighted by Crippen LogP contribution is -2.43. The minimum Gasteiger partial charge on any atom is -0.506 e. The number of benzene rings is 4. The van der Waals surface area contributed by atoms with Crippen molar-refractivity contribution in [1.82, 2.24) is 14.9 Å². The number of nitrogens with zero attached hydrogens (tertiary/aromatic N) is 1. The van der Waals surface area contributed by atoms with Crippen molar-refractivity contribution >= 4 is 42.1 Å². The number of aromatic nitrogens is 2. The van der Waals surface area contributed by atoms with Gasteiger partial charge in [0.25, 0.3) is 0 Å². The first-order valence-corrected chi connectivity index (χ1v) is 21.6. The van der Waals surface area contributed by atoms with Gasteiger partial charge in [0.05, 0.1) is 22.8 Å². The van der Waals surface area contributed by atoms with E-state index in [9.17, 15) is 24.6 Å². The lowest BCUT2D eigenvalue weighted by molar-refractivity contribution is 0.181. The number of rotatable bonds is 15. The normalized spacial score (nSPS) is 12.7. The molecule has 0 aliphatic carbocycles. The average molecular weight is 763 g/mol. The van der Waals surface area contributed by atoms with Gasteiger partial charge >= 0.3 is 11.8 Å². The van der Waals surface area contributed by atoms with E-state index in [-0.39, 0.29) is 28.2 Å². The maximum atomic E-state index is 12.9. The maximum absolute atomic E-state index is 12.9. The third kappa shape index (κ3) is 9.27. The Morgan fingerprint density at radius 3 is 2.44 bits per heavy atom. The number of H-pyrrole nitrogens is 1. The molecule has 6 aromatic rings. The van der Waals surface area contributed by atoms with E-state index in [1.807, 2.05) is 72.8 Å². The lowest BCUT2D eigenvalue weighted by Gasteiger charge is -2.39. The Labute approximate surface area is 321 Å². The number of hydrogen-bond donors (Lipinski definition) is 5. The van der Waals surface area contributed by atoms with E-state index in [4.69, 9.17) is 8.84 Å². The van der Waals surface area contributed by atoms with Crippen molar-refractivity contribution in [3.05, 3.63) is 129 Å². The number of phenolic OH excluding ortho intramolecular Hbond substituents is 1. The summed E-state index contributed by atoms with van der Waals surface area (Å²) in [5.41, 5.74) is 6.59. The van der Waals surface area contributed by atoms with Crippen LogP contribution in [0.4, 0.5) is 10.5 Å². The van der Waals surface area contributed by atoms with Gasteiger partial charge in [0.15, 0.2) is 13.9 Å². The van der Waals surface area contributed by atoms with Gasteiger partial charge in [0.2, 0.25) is 5.56 Å². The van der Waals surface area contributed by atoms with Crippen LogP contribution >= 0.6 is 0 Å². The van der Waals surface area contributed by atoms with Crippen LogP contribution in [0.25, 0.3) is 33.1 Å². The first-order chi connectivity index (χ1) is 26.2. The van der Waals surface area contributed by atoms with Gasteiger partial charge in [-0.2, -0.15) is 0 Å². The number of aromatic amines is 1. The molecule has 5 N–H and O–H groups in total. The van der Waals surface area contributed by atoms with Crippen LogP contribution in [-0.2, 0) is 23.9 Å². The third-order valence-corrected chi connectivity index (χ3v) is 15.1. The fourth-order valence-electron chi connectivity index (χ4n) is 6.68. The number of anilines is 1. The van der Waals surface area contributed by atoms with Crippen molar-refractivity contribution in [2.24, 2.45) is 0 Å². The second kappa shape index (κ2) is 16.5. The SMILES string of the molecule is CC(C)(C)[Si](C)(C)O[C@@H](CNCc1ccc2c(c1)oc(=O)n2CCCCCc1ccc(-c2ccccc2)c(NC(=O)O)c1)c1ccc(O)c2[nH]c(=O)ccc12. The number of fused-ring (bicyclic) bond motifs is 2. The summed E-state index contributed by atoms with van der Waals surface area (Å²) in [7, 11) is -2.24. The molecule has 1 amide bonds. The van der Waals surface area contributed by atoms with Crippen molar-refractivity contribution in [3.8, 4) is 16.9 Å². The van der Waals surface area contributed by atoms with Crippen LogP contribution in [0.5, 0.6) is 5.75 Å². The van der Waals surface area contributed by atoms with Gasteiger partial charge in [0.1, 0.15) is 5.75 Å². The number of nitrogens with one attached hydrogen (secondary N) is 3. The van der Waals surface area contributed by atoms with E-state index in [2.05, 4.69) is 49.5 Å².